The van der Waals surface area contributed by atoms with Gasteiger partial charge in [-0.1, -0.05) is 144 Å². The topological polar surface area (TPSA) is 43.6 Å². The summed E-state index contributed by atoms with van der Waals surface area (Å²) in [5, 5.41) is 4.79. The van der Waals surface area contributed by atoms with Crippen LogP contribution in [0.1, 0.15) is 19.4 Å². The van der Waals surface area contributed by atoms with Gasteiger partial charge in [-0.3, -0.25) is 21.3 Å². The van der Waals surface area contributed by atoms with Crippen LogP contribution in [0.25, 0.3) is 82.8 Å². The number of thiophene rings is 1. The van der Waals surface area contributed by atoms with Gasteiger partial charge in [0, 0.05) is 58.0 Å². The first-order chi connectivity index (χ1) is 30.0. The van der Waals surface area contributed by atoms with E-state index in [0.717, 1.165) is 66.9 Å². The Kier molecular flexibility index (Phi) is 9.11. The Morgan fingerprint density at radius 1 is 0.632 bits per heavy atom. The molecule has 0 unspecified atom stereocenters. The minimum absolute atomic E-state index is 0. The summed E-state index contributed by atoms with van der Waals surface area (Å²) in [5.74, 6) is 0.884. The summed E-state index contributed by atoms with van der Waals surface area (Å²) < 4.78 is 47.2. The van der Waals surface area contributed by atoms with Crippen LogP contribution in [0.3, 0.4) is 0 Å². The quantitative estimate of drug-likeness (QED) is 0.156. The van der Waals surface area contributed by atoms with E-state index in [4.69, 9.17) is 13.2 Å². The summed E-state index contributed by atoms with van der Waals surface area (Å²) in [7, 11) is 0. The van der Waals surface area contributed by atoms with Crippen molar-refractivity contribution in [2.24, 2.45) is 0 Å². The molecule has 4 heterocycles. The Balaban J connectivity index is 0.000000219. The largest absolute Gasteiger partial charge is 0.332 e. The summed E-state index contributed by atoms with van der Waals surface area (Å²) in [6, 6.07) is 57.4. The minimum Gasteiger partial charge on any atom is -0.332 e. The molecule has 4 aromatic heterocycles. The van der Waals surface area contributed by atoms with Crippen LogP contribution in [-0.4, -0.2) is 19.5 Å². The van der Waals surface area contributed by atoms with Gasteiger partial charge in [0.1, 0.15) is 0 Å². The van der Waals surface area contributed by atoms with Crippen LogP contribution in [0.4, 0.5) is 0 Å². The molecule has 57 heavy (non-hydrogen) atoms. The first-order valence-electron chi connectivity index (χ1n) is 21.1. The van der Waals surface area contributed by atoms with Crippen molar-refractivity contribution in [3.63, 3.8) is 0 Å². The van der Waals surface area contributed by atoms with E-state index >= 15 is 0 Å². The molecule has 0 aliphatic rings. The van der Waals surface area contributed by atoms with Gasteiger partial charge in [-0.05, 0) is 64.6 Å². The number of para-hydroxylation sites is 3. The molecule has 1 radical (unpaired) electrons. The molecule has 0 fully saturated rings. The van der Waals surface area contributed by atoms with E-state index < -0.39 is 13.7 Å². The summed E-state index contributed by atoms with van der Waals surface area (Å²) >= 11 is 1.64. The standard InChI is InChI=1S/C38H24N3S.C13H12N.Ir/c1-3-10-27(11-4-1)30-14-9-15-31(28-12-5-2-6-13-28)37(30)41-35-17-8-7-16-34(35)40-38(41)33-25-42-36-19-18-29(24-32(33)36)26-20-22-39-23-21-26;1-10-3-6-12(7-4-10)13-8-5-11(2)9-14-13;/h1-24H;3-6,8-9H,1-2H3;/q2*-1;/i;1D3,2D3;. The Hall–Kier alpha value is -6.30. The molecule has 0 aliphatic carbocycles. The van der Waals surface area contributed by atoms with Crippen LogP contribution in [0, 0.1) is 25.2 Å². The smallest absolute Gasteiger partial charge is 0.0774 e. The number of hydrogen-bond donors (Lipinski definition) is 0. The van der Waals surface area contributed by atoms with Gasteiger partial charge in [0.2, 0.25) is 0 Å². The SMILES string of the molecule is [2H]C([2H])([2H])c1c[c-]c(-c2ccc(C([2H])([2H])[2H])cn2)cc1.[Ir].[c-]1sc2ccc(-c3ccncc3)cc2c1-c1nc2ccccc2n1-c1c(-c2ccccc2)cccc1-c1ccccc1. The molecular weight excluding hydrogens is 893 g/mol. The number of imidazole rings is 1. The van der Waals surface area contributed by atoms with Crippen LogP contribution in [0.15, 0.2) is 182 Å². The molecule has 4 nitrogen and oxygen atoms in total. The Morgan fingerprint density at radius 3 is 2.00 bits per heavy atom. The average Bonchev–Trinajstić information content (AvgIpc) is 3.90. The second kappa shape index (κ2) is 16.8. The number of hydrogen-bond acceptors (Lipinski definition) is 4. The molecule has 0 spiro atoms. The summed E-state index contributed by atoms with van der Waals surface area (Å²) in [5.41, 5.74) is 12.6. The van der Waals surface area contributed by atoms with Gasteiger partial charge in [-0.2, -0.15) is 0 Å². The van der Waals surface area contributed by atoms with Crippen LogP contribution in [0.5, 0.6) is 0 Å². The van der Waals surface area contributed by atoms with Crippen LogP contribution >= 0.6 is 11.3 Å². The number of benzene rings is 6. The molecule has 6 aromatic carbocycles. The monoisotopic (exact) mass is 935 g/mol. The van der Waals surface area contributed by atoms with Crippen LogP contribution in [0.2, 0.25) is 0 Å². The van der Waals surface area contributed by atoms with E-state index in [2.05, 4.69) is 159 Å². The maximum Gasteiger partial charge on any atom is 0.0774 e. The molecular formula is C51H36IrN4S-2. The number of rotatable bonds is 6. The van der Waals surface area contributed by atoms with Crippen molar-refractivity contribution in [3.05, 3.63) is 205 Å². The van der Waals surface area contributed by atoms with E-state index in [1.807, 2.05) is 12.4 Å². The fourth-order valence-corrected chi connectivity index (χ4v) is 7.73. The number of nitrogens with zero attached hydrogens (tertiary/aromatic N) is 4. The number of aromatic nitrogens is 4. The number of pyridine rings is 2. The molecule has 0 atom stereocenters. The summed E-state index contributed by atoms with van der Waals surface area (Å²) in [6.45, 7) is -4.34. The second-order valence-corrected chi connectivity index (χ2v) is 14.0. The van der Waals surface area contributed by atoms with Crippen molar-refractivity contribution < 1.29 is 28.3 Å². The third-order valence-corrected chi connectivity index (χ3v) is 10.5. The first-order valence-corrected chi connectivity index (χ1v) is 18.9. The summed E-state index contributed by atoms with van der Waals surface area (Å²) in [6.07, 6.45) is 4.98. The second-order valence-electron chi connectivity index (χ2n) is 13.1. The van der Waals surface area contributed by atoms with Crippen LogP contribution in [-0.2, 0) is 20.1 Å². The van der Waals surface area contributed by atoms with Crippen molar-refractivity contribution in [1.29, 1.82) is 0 Å². The zero-order chi connectivity index (χ0) is 42.8. The van der Waals surface area contributed by atoms with Crippen molar-refractivity contribution in [2.75, 3.05) is 0 Å². The van der Waals surface area contributed by atoms with E-state index in [1.54, 1.807) is 23.5 Å². The fraction of sp³-hybridized carbons (Fsp3) is 0.0392. The van der Waals surface area contributed by atoms with Gasteiger partial charge in [-0.15, -0.1) is 40.8 Å². The van der Waals surface area contributed by atoms with E-state index in [9.17, 15) is 0 Å². The fourth-order valence-electron chi connectivity index (χ4n) is 6.91. The van der Waals surface area contributed by atoms with Gasteiger partial charge in [0.15, 0.2) is 0 Å². The normalized spacial score (nSPS) is 12.8. The van der Waals surface area contributed by atoms with E-state index in [-0.39, 0.29) is 31.2 Å². The molecule has 0 N–H and O–H groups in total. The Labute approximate surface area is 359 Å². The first kappa shape index (κ1) is 30.9. The van der Waals surface area contributed by atoms with Gasteiger partial charge in [0.05, 0.1) is 22.5 Å². The number of aryl methyl sites for hydroxylation is 2. The van der Waals surface area contributed by atoms with Crippen molar-refractivity contribution >= 4 is 32.5 Å². The molecule has 6 heteroatoms. The van der Waals surface area contributed by atoms with Gasteiger partial charge in [0.25, 0.3) is 0 Å². The maximum absolute atomic E-state index is 7.28. The predicted molar refractivity (Wildman–Crippen MR) is 233 cm³/mol. The van der Waals surface area contributed by atoms with Crippen LogP contribution < -0.4 is 0 Å². The maximum atomic E-state index is 7.28. The molecule has 0 saturated carbocycles. The molecule has 10 rings (SSSR count). The van der Waals surface area contributed by atoms with Gasteiger partial charge >= 0.3 is 0 Å². The van der Waals surface area contributed by atoms with E-state index in [0.29, 0.717) is 11.3 Å². The predicted octanol–water partition coefficient (Wildman–Crippen LogP) is 13.3. The molecule has 10 aromatic rings. The number of fused-ring (bicyclic) bond motifs is 2. The molecule has 0 saturated heterocycles. The zero-order valence-electron chi connectivity index (χ0n) is 36.4. The third kappa shape index (κ3) is 7.76. The van der Waals surface area contributed by atoms with Crippen molar-refractivity contribution in [1.82, 2.24) is 19.5 Å². The summed E-state index contributed by atoms with van der Waals surface area (Å²) in [4.78, 5) is 13.6. The zero-order valence-corrected chi connectivity index (χ0v) is 33.6. The third-order valence-electron chi connectivity index (χ3n) is 9.59. The molecule has 277 valence electrons. The Morgan fingerprint density at radius 2 is 1.33 bits per heavy atom. The minimum atomic E-state index is -2.18. The molecule has 0 bridgehead atoms. The average molecular weight is 935 g/mol. The molecule has 0 amide bonds. The van der Waals surface area contributed by atoms with Gasteiger partial charge < -0.3 is 9.55 Å². The molecule has 0 aliphatic heterocycles. The van der Waals surface area contributed by atoms with Crippen molar-refractivity contribution in [3.8, 4) is 61.7 Å². The van der Waals surface area contributed by atoms with Crippen molar-refractivity contribution in [2.45, 2.75) is 13.7 Å². The van der Waals surface area contributed by atoms with E-state index in [1.165, 1.54) is 29.1 Å². The Bertz CT molecular complexity index is 3020. The van der Waals surface area contributed by atoms with Gasteiger partial charge in [-0.25, -0.2) is 0 Å².